The predicted octanol–water partition coefficient (Wildman–Crippen LogP) is 6.63. The molecule has 2 aliphatic heterocycles. The van der Waals surface area contributed by atoms with E-state index in [1.54, 1.807) is 12.1 Å². The van der Waals surface area contributed by atoms with E-state index in [0.717, 1.165) is 40.4 Å². The Balaban J connectivity index is 1.75. The molecular formula is C24H24ClNO2. The molecule has 0 amide bonds. The normalized spacial score (nSPS) is 24.1. The molecule has 2 aromatic rings. The molecule has 1 unspecified atom stereocenters. The Hall–Kier alpha value is -2.39. The number of anilines is 1. The summed E-state index contributed by atoms with van der Waals surface area (Å²) in [5.41, 5.74) is 6.81. The van der Waals surface area contributed by atoms with Crippen LogP contribution in [-0.2, 0) is 0 Å². The van der Waals surface area contributed by atoms with Crippen molar-refractivity contribution in [1.29, 1.82) is 0 Å². The smallest absolute Gasteiger partial charge is 0.128 e. The fourth-order valence-corrected chi connectivity index (χ4v) is 5.25. The lowest BCUT2D eigenvalue weighted by atomic mass is 9.78. The van der Waals surface area contributed by atoms with Gasteiger partial charge in [-0.3, -0.25) is 0 Å². The van der Waals surface area contributed by atoms with Gasteiger partial charge in [-0.1, -0.05) is 29.8 Å². The van der Waals surface area contributed by atoms with Crippen molar-refractivity contribution in [3.05, 3.63) is 58.6 Å². The van der Waals surface area contributed by atoms with E-state index >= 15 is 0 Å². The van der Waals surface area contributed by atoms with Gasteiger partial charge in [-0.25, -0.2) is 0 Å². The molecule has 4 heteroatoms. The summed E-state index contributed by atoms with van der Waals surface area (Å²) in [5, 5.41) is 14.7. The average Bonchev–Trinajstić information content (AvgIpc) is 3.05. The van der Waals surface area contributed by atoms with E-state index in [1.807, 2.05) is 6.07 Å². The Morgan fingerprint density at radius 3 is 2.75 bits per heavy atom. The van der Waals surface area contributed by atoms with E-state index in [9.17, 15) is 5.11 Å². The molecule has 0 aromatic heterocycles. The molecule has 3 aliphatic rings. The van der Waals surface area contributed by atoms with Crippen molar-refractivity contribution >= 4 is 22.9 Å². The van der Waals surface area contributed by atoms with E-state index in [-0.39, 0.29) is 17.4 Å². The van der Waals surface area contributed by atoms with Gasteiger partial charge < -0.3 is 15.2 Å². The molecule has 0 spiro atoms. The lowest BCUT2D eigenvalue weighted by Crippen LogP contribution is -2.33. The minimum atomic E-state index is -0.0925. The van der Waals surface area contributed by atoms with Crippen molar-refractivity contribution in [1.82, 2.24) is 0 Å². The molecule has 3 nitrogen and oxygen atoms in total. The monoisotopic (exact) mass is 393 g/mol. The number of ether oxygens (including phenoxy) is 1. The van der Waals surface area contributed by atoms with E-state index in [0.29, 0.717) is 5.92 Å². The van der Waals surface area contributed by atoms with Crippen molar-refractivity contribution < 1.29 is 9.84 Å². The van der Waals surface area contributed by atoms with Crippen LogP contribution >= 0.6 is 11.6 Å². The van der Waals surface area contributed by atoms with Crippen LogP contribution in [0.25, 0.3) is 16.7 Å². The summed E-state index contributed by atoms with van der Waals surface area (Å²) in [6.45, 7) is 6.54. The van der Waals surface area contributed by atoms with Crippen LogP contribution < -0.4 is 10.1 Å². The first-order valence-corrected chi connectivity index (χ1v) is 10.2. The van der Waals surface area contributed by atoms with E-state index in [4.69, 9.17) is 16.3 Å². The van der Waals surface area contributed by atoms with Crippen LogP contribution in [0.5, 0.6) is 11.5 Å². The van der Waals surface area contributed by atoms with Crippen LogP contribution in [0.15, 0.2) is 47.5 Å². The first kappa shape index (κ1) is 17.7. The highest BCUT2D eigenvalue weighted by atomic mass is 35.5. The lowest BCUT2D eigenvalue weighted by Gasteiger charge is -2.38. The highest BCUT2D eigenvalue weighted by Gasteiger charge is 2.38. The molecule has 0 fully saturated rings. The number of benzene rings is 2. The first-order valence-electron chi connectivity index (χ1n) is 9.82. The van der Waals surface area contributed by atoms with Gasteiger partial charge in [-0.05, 0) is 69.0 Å². The second-order valence-electron chi connectivity index (χ2n) is 8.69. The van der Waals surface area contributed by atoms with Crippen LogP contribution in [0.3, 0.4) is 0 Å². The molecule has 2 heterocycles. The second-order valence-corrected chi connectivity index (χ2v) is 9.18. The van der Waals surface area contributed by atoms with Gasteiger partial charge in [0.1, 0.15) is 17.6 Å². The number of phenolic OH excluding ortho intramolecular Hbond substituents is 1. The number of halogens is 1. The third-order valence-corrected chi connectivity index (χ3v) is 6.30. The second kappa shape index (κ2) is 6.05. The zero-order valence-corrected chi connectivity index (χ0v) is 17.1. The maximum Gasteiger partial charge on any atom is 0.128 e. The molecule has 144 valence electrons. The summed E-state index contributed by atoms with van der Waals surface area (Å²) < 4.78 is 6.55. The highest BCUT2D eigenvalue weighted by Crippen LogP contribution is 2.53. The van der Waals surface area contributed by atoms with Crippen molar-refractivity contribution in [3.63, 3.8) is 0 Å². The summed E-state index contributed by atoms with van der Waals surface area (Å²) in [7, 11) is 0. The number of nitrogens with one attached hydrogen (secondary N) is 1. The number of rotatable bonds is 1. The van der Waals surface area contributed by atoms with Crippen LogP contribution in [0.1, 0.15) is 50.8 Å². The van der Waals surface area contributed by atoms with Crippen molar-refractivity contribution in [2.45, 2.75) is 45.3 Å². The fourth-order valence-electron chi connectivity index (χ4n) is 4.96. The first-order chi connectivity index (χ1) is 13.3. The minimum Gasteiger partial charge on any atom is -0.508 e. The SMILES string of the molecule is CC1=CC(C)(C)Nc2ccc3c(c21)[C@@H](C1CC=C(Cl)C1)Oc1ccc(O)cc1-3. The summed E-state index contributed by atoms with van der Waals surface area (Å²) in [6.07, 6.45) is 6.08. The summed E-state index contributed by atoms with van der Waals surface area (Å²) in [5.74, 6) is 1.38. The van der Waals surface area contributed by atoms with Gasteiger partial charge >= 0.3 is 0 Å². The summed E-state index contributed by atoms with van der Waals surface area (Å²) in [4.78, 5) is 0. The molecule has 1 aliphatic carbocycles. The topological polar surface area (TPSA) is 41.5 Å². The van der Waals surface area contributed by atoms with Crippen molar-refractivity contribution in [3.8, 4) is 22.6 Å². The van der Waals surface area contributed by atoms with Gasteiger partial charge in [-0.15, -0.1) is 0 Å². The summed E-state index contributed by atoms with van der Waals surface area (Å²) >= 11 is 6.33. The van der Waals surface area contributed by atoms with Crippen LogP contribution in [0.4, 0.5) is 5.69 Å². The van der Waals surface area contributed by atoms with Gasteiger partial charge in [0.05, 0.1) is 5.54 Å². The Morgan fingerprint density at radius 1 is 1.18 bits per heavy atom. The van der Waals surface area contributed by atoms with Crippen molar-refractivity contribution in [2.24, 2.45) is 5.92 Å². The Labute approximate surface area is 170 Å². The zero-order valence-electron chi connectivity index (χ0n) is 16.3. The third kappa shape index (κ3) is 2.72. The highest BCUT2D eigenvalue weighted by molar-refractivity contribution is 6.29. The number of allylic oxidation sites excluding steroid dienone is 3. The quantitative estimate of drug-likeness (QED) is 0.571. The Kier molecular flexibility index (Phi) is 3.82. The van der Waals surface area contributed by atoms with E-state index in [2.05, 4.69) is 50.4 Å². The standard InChI is InChI=1S/C24H24ClNO2/c1-13-12-24(2,3)26-19-8-7-17-18-11-16(27)6-9-20(18)28-23(22(17)21(13)19)14-4-5-15(25)10-14/h5-9,11-12,14,23,26-27H,4,10H2,1-3H3/t14?,23-/m1/s1. The number of hydrogen-bond acceptors (Lipinski definition) is 3. The van der Waals surface area contributed by atoms with E-state index in [1.165, 1.54) is 16.7 Å². The Morgan fingerprint density at radius 2 is 2.00 bits per heavy atom. The molecule has 28 heavy (non-hydrogen) atoms. The zero-order chi connectivity index (χ0) is 19.6. The van der Waals surface area contributed by atoms with Gasteiger partial charge in [0, 0.05) is 33.3 Å². The van der Waals surface area contributed by atoms with Crippen molar-refractivity contribution in [2.75, 3.05) is 5.32 Å². The minimum absolute atomic E-state index is 0.0687. The van der Waals surface area contributed by atoms with Gasteiger partial charge in [0.25, 0.3) is 0 Å². The number of hydrogen-bond donors (Lipinski definition) is 2. The average molecular weight is 394 g/mol. The molecule has 0 saturated heterocycles. The Bertz CT molecular complexity index is 1050. The van der Waals surface area contributed by atoms with Crippen LogP contribution in [-0.4, -0.2) is 10.6 Å². The maximum atomic E-state index is 10.1. The molecule has 0 bridgehead atoms. The van der Waals surface area contributed by atoms with Gasteiger partial charge in [0.15, 0.2) is 0 Å². The predicted molar refractivity (Wildman–Crippen MR) is 115 cm³/mol. The molecule has 2 atom stereocenters. The molecule has 0 radical (unpaired) electrons. The summed E-state index contributed by atoms with van der Waals surface area (Å²) in [6, 6.07) is 9.68. The molecule has 5 rings (SSSR count). The number of aromatic hydroxyl groups is 1. The fraction of sp³-hybridized carbons (Fsp3) is 0.333. The van der Waals surface area contributed by atoms with E-state index < -0.39 is 0 Å². The lowest BCUT2D eigenvalue weighted by molar-refractivity contribution is 0.137. The molecule has 0 saturated carbocycles. The molecule has 2 aromatic carbocycles. The van der Waals surface area contributed by atoms with Crippen LogP contribution in [0.2, 0.25) is 0 Å². The number of phenols is 1. The maximum absolute atomic E-state index is 10.1. The molecular weight excluding hydrogens is 370 g/mol. The molecule has 2 N–H and O–H groups in total. The van der Waals surface area contributed by atoms with Gasteiger partial charge in [0.2, 0.25) is 0 Å². The third-order valence-electron chi connectivity index (χ3n) is 5.99. The number of fused-ring (bicyclic) bond motifs is 5. The van der Waals surface area contributed by atoms with Crippen LogP contribution in [0, 0.1) is 5.92 Å². The largest absolute Gasteiger partial charge is 0.508 e. The van der Waals surface area contributed by atoms with Gasteiger partial charge in [-0.2, -0.15) is 0 Å².